The summed E-state index contributed by atoms with van der Waals surface area (Å²) in [5, 5.41) is 2.98. The molecule has 5 rings (SSSR count). The van der Waals surface area contributed by atoms with Crippen LogP contribution in [0.4, 0.5) is 4.79 Å². The minimum absolute atomic E-state index is 0.0185. The van der Waals surface area contributed by atoms with Gasteiger partial charge in [0.15, 0.2) is 0 Å². The molecule has 3 heterocycles. The number of hydrogen-bond donors (Lipinski definition) is 1. The molecule has 234 valence electrons. The van der Waals surface area contributed by atoms with Crippen LogP contribution < -0.4 is 5.32 Å². The number of fused-ring (bicyclic) bond motifs is 1. The number of nitrogens with one attached hydrogen (secondary N) is 1. The molecule has 2 aromatic heterocycles. The van der Waals surface area contributed by atoms with Gasteiger partial charge in [-0.25, -0.2) is 9.78 Å². The number of alkyl carbamates (subject to hydrolysis) is 1. The van der Waals surface area contributed by atoms with E-state index in [1.165, 1.54) is 0 Å². The van der Waals surface area contributed by atoms with Crippen molar-refractivity contribution >= 4 is 23.0 Å². The molecule has 2 amide bonds. The summed E-state index contributed by atoms with van der Waals surface area (Å²) in [5.74, 6) is 1.97. The second-order valence-corrected chi connectivity index (χ2v) is 12.6. The number of likely N-dealkylation sites (tertiary alicyclic amines) is 1. The summed E-state index contributed by atoms with van der Waals surface area (Å²) in [6.45, 7) is 8.27. The lowest BCUT2D eigenvalue weighted by Crippen LogP contribution is -2.46. The molecule has 1 aliphatic rings. The summed E-state index contributed by atoms with van der Waals surface area (Å²) >= 11 is 0. The number of aryl methyl sites for hydroxylation is 1. The van der Waals surface area contributed by atoms with E-state index >= 15 is 0 Å². The van der Waals surface area contributed by atoms with Gasteiger partial charge in [0.2, 0.25) is 5.91 Å². The van der Waals surface area contributed by atoms with Crippen molar-refractivity contribution in [2.24, 2.45) is 0 Å². The number of hydrogen-bond acceptors (Lipinski definition) is 6. The number of piperidine rings is 1. The quantitative estimate of drug-likeness (QED) is 0.196. The Hall–Kier alpha value is -4.11. The molecule has 0 unspecified atom stereocenters. The summed E-state index contributed by atoms with van der Waals surface area (Å²) in [5.41, 5.74) is 3.43. The van der Waals surface area contributed by atoms with Gasteiger partial charge in [-0.15, -0.1) is 0 Å². The Labute approximate surface area is 259 Å². The van der Waals surface area contributed by atoms with Crippen LogP contribution in [0.5, 0.6) is 0 Å². The summed E-state index contributed by atoms with van der Waals surface area (Å²) < 4.78 is 18.7. The van der Waals surface area contributed by atoms with Crippen LogP contribution in [0.25, 0.3) is 22.4 Å². The zero-order valence-electron chi connectivity index (χ0n) is 26.3. The predicted molar refractivity (Wildman–Crippen MR) is 170 cm³/mol. The van der Waals surface area contributed by atoms with Crippen LogP contribution in [-0.2, 0) is 27.2 Å². The molecule has 9 nitrogen and oxygen atoms in total. The summed E-state index contributed by atoms with van der Waals surface area (Å²) in [4.78, 5) is 33.6. The van der Waals surface area contributed by atoms with Gasteiger partial charge in [0, 0.05) is 57.3 Å². The fraction of sp³-hybridized carbons (Fsp3) is 0.457. The fourth-order valence-electron chi connectivity index (χ4n) is 5.94. The van der Waals surface area contributed by atoms with Crippen LogP contribution in [0.1, 0.15) is 63.8 Å². The number of ether oxygens (including phenoxy) is 2. The molecule has 0 aliphatic carbocycles. The second-order valence-electron chi connectivity index (χ2n) is 12.6. The highest BCUT2D eigenvalue weighted by Crippen LogP contribution is 2.30. The van der Waals surface area contributed by atoms with Gasteiger partial charge in [0.25, 0.3) is 0 Å². The van der Waals surface area contributed by atoms with Crippen LogP contribution in [0.15, 0.2) is 71.3 Å². The van der Waals surface area contributed by atoms with Crippen LogP contribution >= 0.6 is 0 Å². The van der Waals surface area contributed by atoms with Gasteiger partial charge >= 0.3 is 6.09 Å². The molecule has 44 heavy (non-hydrogen) atoms. The standard InChI is InChI=1S/C35H44N4O5/c1-35(2,3)44-34(41)36-28(22-25-14-16-26(17-15-25)31-13-8-21-43-31)23-32(40)38-18-7-10-27(24-38)33-37-29-11-5-6-12-30(29)39(33)19-9-20-42-4/h5-6,8,11-17,21,27-28H,7,9-10,18-20,22-24H2,1-4H3,(H,36,41)/t27-,28-/m1/s1. The molecule has 9 heteroatoms. The van der Waals surface area contributed by atoms with Crippen molar-refractivity contribution in [3.63, 3.8) is 0 Å². The number of furan rings is 1. The van der Waals surface area contributed by atoms with E-state index < -0.39 is 17.7 Å². The summed E-state index contributed by atoms with van der Waals surface area (Å²) in [7, 11) is 1.72. The number of nitrogens with zero attached hydrogens (tertiary/aromatic N) is 3. The zero-order valence-corrected chi connectivity index (χ0v) is 26.3. The molecular formula is C35H44N4O5. The number of methoxy groups -OCH3 is 1. The Balaban J connectivity index is 1.30. The number of aromatic nitrogens is 2. The molecular weight excluding hydrogens is 556 g/mol. The number of amides is 2. The first-order valence-electron chi connectivity index (χ1n) is 15.5. The van der Waals surface area contributed by atoms with Crippen molar-refractivity contribution in [3.8, 4) is 11.3 Å². The van der Waals surface area contributed by atoms with E-state index in [0.29, 0.717) is 26.1 Å². The third-order valence-corrected chi connectivity index (χ3v) is 7.94. The first-order valence-corrected chi connectivity index (χ1v) is 15.5. The molecule has 0 spiro atoms. The first kappa shape index (κ1) is 31.3. The predicted octanol–water partition coefficient (Wildman–Crippen LogP) is 6.56. The minimum atomic E-state index is -0.641. The molecule has 0 saturated carbocycles. The topological polar surface area (TPSA) is 98.8 Å². The summed E-state index contributed by atoms with van der Waals surface area (Å²) in [6.07, 6.45) is 4.56. The molecule has 0 bridgehead atoms. The number of imidazole rings is 1. The SMILES string of the molecule is COCCCn1c([C@@H]2CCCN(C(=O)C[C@@H](Cc3ccc(-c4ccco4)cc3)NC(=O)OC(C)(C)C)C2)nc2ccccc21. The van der Waals surface area contributed by atoms with Crippen LogP contribution in [0, 0.1) is 0 Å². The van der Waals surface area contributed by atoms with E-state index in [-0.39, 0.29) is 18.2 Å². The maximum atomic E-state index is 13.8. The van der Waals surface area contributed by atoms with E-state index in [0.717, 1.165) is 59.6 Å². The van der Waals surface area contributed by atoms with Crippen molar-refractivity contribution in [1.82, 2.24) is 19.8 Å². The largest absolute Gasteiger partial charge is 0.464 e. The maximum absolute atomic E-state index is 13.8. The zero-order chi connectivity index (χ0) is 31.1. The van der Waals surface area contributed by atoms with Crippen molar-refractivity contribution in [3.05, 3.63) is 78.3 Å². The highest BCUT2D eigenvalue weighted by molar-refractivity contribution is 5.79. The summed E-state index contributed by atoms with van der Waals surface area (Å²) in [6, 6.07) is 19.6. The van der Waals surface area contributed by atoms with Gasteiger partial charge < -0.3 is 28.7 Å². The molecule has 1 N–H and O–H groups in total. The van der Waals surface area contributed by atoms with Crippen LogP contribution in [0.2, 0.25) is 0 Å². The van der Waals surface area contributed by atoms with Crippen LogP contribution in [-0.4, -0.2) is 64.9 Å². The van der Waals surface area contributed by atoms with Crippen LogP contribution in [0.3, 0.4) is 0 Å². The Morgan fingerprint density at radius 2 is 1.89 bits per heavy atom. The second kappa shape index (κ2) is 14.1. The first-order chi connectivity index (χ1) is 21.2. The molecule has 0 radical (unpaired) electrons. The van der Waals surface area contributed by atoms with E-state index in [1.807, 2.05) is 80.3 Å². The lowest BCUT2D eigenvalue weighted by molar-refractivity contribution is -0.132. The molecule has 1 aliphatic heterocycles. The van der Waals surface area contributed by atoms with Gasteiger partial charge in [-0.3, -0.25) is 4.79 Å². The smallest absolute Gasteiger partial charge is 0.407 e. The van der Waals surface area contributed by atoms with E-state index in [9.17, 15) is 9.59 Å². The highest BCUT2D eigenvalue weighted by Gasteiger charge is 2.30. The molecule has 2 atom stereocenters. The van der Waals surface area contributed by atoms with Crippen molar-refractivity contribution in [2.45, 2.75) is 77.0 Å². The molecule has 2 aromatic carbocycles. The number of carbonyl (C=O) groups excluding carboxylic acids is 2. The molecule has 1 fully saturated rings. The van der Waals surface area contributed by atoms with E-state index in [2.05, 4.69) is 16.0 Å². The molecule has 1 saturated heterocycles. The highest BCUT2D eigenvalue weighted by atomic mass is 16.6. The average molecular weight is 601 g/mol. The lowest BCUT2D eigenvalue weighted by Gasteiger charge is -2.34. The van der Waals surface area contributed by atoms with Crippen molar-refractivity contribution in [2.75, 3.05) is 26.8 Å². The number of benzene rings is 2. The number of rotatable bonds is 11. The Bertz CT molecular complexity index is 1520. The third kappa shape index (κ3) is 8.08. The third-order valence-electron chi connectivity index (χ3n) is 7.94. The van der Waals surface area contributed by atoms with Gasteiger partial charge in [0.1, 0.15) is 17.2 Å². The fourth-order valence-corrected chi connectivity index (χ4v) is 5.94. The van der Waals surface area contributed by atoms with Gasteiger partial charge in [-0.05, 0) is 76.3 Å². The van der Waals surface area contributed by atoms with Gasteiger partial charge in [-0.2, -0.15) is 0 Å². The Kier molecular flexibility index (Phi) is 10.0. The number of para-hydroxylation sites is 2. The average Bonchev–Trinajstić information content (AvgIpc) is 3.66. The van der Waals surface area contributed by atoms with Crippen molar-refractivity contribution in [1.29, 1.82) is 0 Å². The molecule has 4 aromatic rings. The minimum Gasteiger partial charge on any atom is -0.464 e. The number of carbonyl (C=O) groups is 2. The lowest BCUT2D eigenvalue weighted by atomic mass is 9.95. The van der Waals surface area contributed by atoms with E-state index in [1.54, 1.807) is 13.4 Å². The van der Waals surface area contributed by atoms with Gasteiger partial charge in [-0.1, -0.05) is 36.4 Å². The monoisotopic (exact) mass is 600 g/mol. The van der Waals surface area contributed by atoms with Gasteiger partial charge in [0.05, 0.1) is 17.3 Å². The van der Waals surface area contributed by atoms with Crippen molar-refractivity contribution < 1.29 is 23.5 Å². The maximum Gasteiger partial charge on any atom is 0.407 e. The Morgan fingerprint density at radius 3 is 2.61 bits per heavy atom. The van der Waals surface area contributed by atoms with E-state index in [4.69, 9.17) is 18.9 Å². The Morgan fingerprint density at radius 1 is 1.09 bits per heavy atom. The normalized spacial score (nSPS) is 16.2.